The molecule has 1 heterocycles. The third kappa shape index (κ3) is 5.89. The summed E-state index contributed by atoms with van der Waals surface area (Å²) in [5.41, 5.74) is 7.52. The van der Waals surface area contributed by atoms with Gasteiger partial charge < -0.3 is 20.3 Å². The highest BCUT2D eigenvalue weighted by Crippen LogP contribution is 2.28. The van der Waals surface area contributed by atoms with E-state index >= 15 is 0 Å². The fraction of sp³-hybridized carbons (Fsp3) is 0.182. The van der Waals surface area contributed by atoms with Crippen LogP contribution in [0.3, 0.4) is 0 Å². The summed E-state index contributed by atoms with van der Waals surface area (Å²) in [7, 11) is 0. The average molecular weight is 533 g/mol. The molecule has 7 heteroatoms. The van der Waals surface area contributed by atoms with E-state index in [1.807, 2.05) is 85.8 Å². The number of hydrogen-bond donors (Lipinski definition) is 3. The number of anilines is 1. The van der Waals surface area contributed by atoms with Crippen molar-refractivity contribution in [3.8, 4) is 11.1 Å². The predicted octanol–water partition coefficient (Wildman–Crippen LogP) is 7.03. The lowest BCUT2D eigenvalue weighted by Crippen LogP contribution is -2.28. The van der Waals surface area contributed by atoms with Gasteiger partial charge in [-0.15, -0.1) is 0 Å². The van der Waals surface area contributed by atoms with Gasteiger partial charge in [-0.2, -0.15) is 0 Å². The van der Waals surface area contributed by atoms with Crippen molar-refractivity contribution in [1.82, 2.24) is 14.9 Å². The number of hydrogen-bond acceptors (Lipinski definition) is 3. The third-order valence-electron chi connectivity index (χ3n) is 6.91. The maximum Gasteiger partial charge on any atom is 0.336 e. The van der Waals surface area contributed by atoms with E-state index in [0.29, 0.717) is 24.3 Å². The summed E-state index contributed by atoms with van der Waals surface area (Å²) in [6.45, 7) is 5.20. The first kappa shape index (κ1) is 26.7. The number of aromatic carboxylic acids is 1. The Hall–Kier alpha value is -4.91. The molecule has 2 amide bonds. The zero-order valence-corrected chi connectivity index (χ0v) is 22.6. The van der Waals surface area contributed by atoms with Gasteiger partial charge in [0.2, 0.25) is 0 Å². The van der Waals surface area contributed by atoms with E-state index in [1.54, 1.807) is 12.1 Å². The van der Waals surface area contributed by atoms with Crippen molar-refractivity contribution in [2.45, 2.75) is 39.8 Å². The number of carbonyl (C=O) groups is 2. The van der Waals surface area contributed by atoms with Gasteiger partial charge in [0, 0.05) is 25.2 Å². The number of urea groups is 1. The zero-order chi connectivity index (χ0) is 28.1. The van der Waals surface area contributed by atoms with E-state index in [0.717, 1.165) is 52.0 Å². The van der Waals surface area contributed by atoms with Crippen molar-refractivity contribution < 1.29 is 14.7 Å². The molecule has 4 aromatic carbocycles. The Morgan fingerprint density at radius 2 is 1.62 bits per heavy atom. The summed E-state index contributed by atoms with van der Waals surface area (Å²) in [5, 5.41) is 15.5. The number of carboxylic acids is 1. The molecule has 0 fully saturated rings. The normalized spacial score (nSPS) is 10.9. The molecule has 0 bridgehead atoms. The Morgan fingerprint density at radius 3 is 2.35 bits per heavy atom. The number of benzene rings is 4. The Morgan fingerprint density at radius 1 is 0.900 bits per heavy atom. The molecule has 0 saturated carbocycles. The molecular weight excluding hydrogens is 500 g/mol. The number of aromatic nitrogens is 2. The Balaban J connectivity index is 1.41. The minimum Gasteiger partial charge on any atom is -0.478 e. The second-order valence-electron chi connectivity index (χ2n) is 9.87. The van der Waals surface area contributed by atoms with Crippen LogP contribution in [-0.4, -0.2) is 26.7 Å². The van der Waals surface area contributed by atoms with Crippen LogP contribution in [0, 0.1) is 6.92 Å². The van der Waals surface area contributed by atoms with E-state index in [9.17, 15) is 14.7 Å². The second kappa shape index (κ2) is 11.9. The molecule has 202 valence electrons. The summed E-state index contributed by atoms with van der Waals surface area (Å²) in [5.74, 6) is 0.0499. The predicted molar refractivity (Wildman–Crippen MR) is 159 cm³/mol. The SMILES string of the molecule is CCCc1nc2c(C)cc(NC(=O)NCc3ccccc3)cc2n1Cc1ccc(-c2ccccc2C(=O)O)cc1. The molecule has 0 unspecified atom stereocenters. The average Bonchev–Trinajstić information content (AvgIpc) is 3.30. The number of rotatable bonds is 9. The lowest BCUT2D eigenvalue weighted by molar-refractivity contribution is 0.0697. The van der Waals surface area contributed by atoms with E-state index < -0.39 is 5.97 Å². The monoisotopic (exact) mass is 532 g/mol. The van der Waals surface area contributed by atoms with Gasteiger partial charge in [0.15, 0.2) is 0 Å². The molecule has 0 radical (unpaired) electrons. The number of imidazole rings is 1. The van der Waals surface area contributed by atoms with Crippen LogP contribution in [0.5, 0.6) is 0 Å². The van der Waals surface area contributed by atoms with Gasteiger partial charge in [-0.1, -0.05) is 79.7 Å². The van der Waals surface area contributed by atoms with Crippen LogP contribution in [0.25, 0.3) is 22.2 Å². The molecule has 0 saturated heterocycles. The van der Waals surface area contributed by atoms with Crippen LogP contribution in [0.2, 0.25) is 0 Å². The number of amides is 2. The van der Waals surface area contributed by atoms with Crippen LogP contribution in [0.15, 0.2) is 91.0 Å². The molecule has 3 N–H and O–H groups in total. The summed E-state index contributed by atoms with van der Waals surface area (Å²) >= 11 is 0. The van der Waals surface area contributed by atoms with Crippen molar-refractivity contribution >= 4 is 28.7 Å². The van der Waals surface area contributed by atoms with Crippen molar-refractivity contribution in [1.29, 1.82) is 0 Å². The fourth-order valence-corrected chi connectivity index (χ4v) is 4.95. The largest absolute Gasteiger partial charge is 0.478 e. The molecule has 0 aliphatic rings. The number of carboxylic acid groups (broad SMARTS) is 1. The van der Waals surface area contributed by atoms with E-state index in [4.69, 9.17) is 4.98 Å². The van der Waals surface area contributed by atoms with E-state index in [2.05, 4.69) is 22.1 Å². The van der Waals surface area contributed by atoms with Gasteiger partial charge in [-0.05, 0) is 59.4 Å². The van der Waals surface area contributed by atoms with E-state index in [-0.39, 0.29) is 11.6 Å². The molecule has 0 aliphatic carbocycles. The maximum absolute atomic E-state index is 12.7. The number of nitrogens with zero attached hydrogens (tertiary/aromatic N) is 2. The Kier molecular flexibility index (Phi) is 7.92. The van der Waals surface area contributed by atoms with Crippen molar-refractivity contribution in [3.05, 3.63) is 119 Å². The van der Waals surface area contributed by atoms with Crippen molar-refractivity contribution in [2.75, 3.05) is 5.32 Å². The molecule has 0 spiro atoms. The fourth-order valence-electron chi connectivity index (χ4n) is 4.95. The summed E-state index contributed by atoms with van der Waals surface area (Å²) in [4.78, 5) is 29.3. The van der Waals surface area contributed by atoms with Gasteiger partial charge in [0.25, 0.3) is 0 Å². The standard InChI is InChI=1S/C33H32N4O3/c1-3-9-30-36-31-22(2)18-26(35-33(40)34-20-23-10-5-4-6-11-23)19-29(31)37(30)21-24-14-16-25(17-15-24)27-12-7-8-13-28(27)32(38)39/h4-8,10-19H,3,9,20-21H2,1-2H3,(H,38,39)(H2,34,35,40). The molecule has 7 nitrogen and oxygen atoms in total. The molecule has 0 atom stereocenters. The lowest BCUT2D eigenvalue weighted by Gasteiger charge is -2.12. The molecule has 1 aromatic heterocycles. The summed E-state index contributed by atoms with van der Waals surface area (Å²) in [6.07, 6.45) is 1.79. The van der Waals surface area contributed by atoms with Gasteiger partial charge in [-0.25, -0.2) is 14.6 Å². The van der Waals surface area contributed by atoms with Crippen molar-refractivity contribution in [3.63, 3.8) is 0 Å². The molecule has 40 heavy (non-hydrogen) atoms. The smallest absolute Gasteiger partial charge is 0.336 e. The highest BCUT2D eigenvalue weighted by molar-refractivity contribution is 5.96. The number of aryl methyl sites for hydroxylation is 2. The highest BCUT2D eigenvalue weighted by Gasteiger charge is 2.16. The minimum atomic E-state index is -0.942. The first-order valence-electron chi connectivity index (χ1n) is 13.4. The van der Waals surface area contributed by atoms with Gasteiger partial charge in [-0.3, -0.25) is 0 Å². The summed E-state index contributed by atoms with van der Waals surface area (Å²) < 4.78 is 2.21. The second-order valence-corrected chi connectivity index (χ2v) is 9.87. The van der Waals surface area contributed by atoms with Crippen LogP contribution in [-0.2, 0) is 19.5 Å². The number of fused-ring (bicyclic) bond motifs is 1. The molecule has 5 aromatic rings. The van der Waals surface area contributed by atoms with Crippen LogP contribution >= 0.6 is 0 Å². The first-order chi connectivity index (χ1) is 19.4. The number of carbonyl (C=O) groups excluding carboxylic acids is 1. The molecular formula is C33H32N4O3. The van der Waals surface area contributed by atoms with Crippen LogP contribution < -0.4 is 10.6 Å². The van der Waals surface area contributed by atoms with Gasteiger partial charge in [0.05, 0.1) is 16.6 Å². The lowest BCUT2D eigenvalue weighted by atomic mass is 9.99. The third-order valence-corrected chi connectivity index (χ3v) is 6.91. The van der Waals surface area contributed by atoms with Gasteiger partial charge in [0.1, 0.15) is 5.82 Å². The Bertz CT molecular complexity index is 1660. The molecule has 5 rings (SSSR count). The van der Waals surface area contributed by atoms with Crippen LogP contribution in [0.4, 0.5) is 10.5 Å². The van der Waals surface area contributed by atoms with E-state index in [1.165, 1.54) is 0 Å². The zero-order valence-electron chi connectivity index (χ0n) is 22.6. The van der Waals surface area contributed by atoms with Gasteiger partial charge >= 0.3 is 12.0 Å². The maximum atomic E-state index is 12.7. The number of nitrogens with one attached hydrogen (secondary N) is 2. The highest BCUT2D eigenvalue weighted by atomic mass is 16.4. The van der Waals surface area contributed by atoms with Crippen molar-refractivity contribution in [2.24, 2.45) is 0 Å². The minimum absolute atomic E-state index is 0.264. The molecule has 0 aliphatic heterocycles. The topological polar surface area (TPSA) is 96.3 Å². The van der Waals surface area contributed by atoms with Crippen LogP contribution in [0.1, 0.15) is 46.2 Å². The Labute approximate surface area is 233 Å². The first-order valence-corrected chi connectivity index (χ1v) is 13.4. The quantitative estimate of drug-likeness (QED) is 0.190. The summed E-state index contributed by atoms with van der Waals surface area (Å²) in [6, 6.07) is 28.5.